The predicted molar refractivity (Wildman–Crippen MR) is 64.8 cm³/mol. The first-order valence-electron chi connectivity index (χ1n) is 5.66. The Morgan fingerprint density at radius 1 is 1.33 bits per heavy atom. The lowest BCUT2D eigenvalue weighted by Gasteiger charge is -2.15. The van der Waals surface area contributed by atoms with Gasteiger partial charge in [-0.3, -0.25) is 9.58 Å². The molecule has 4 heteroatoms. The van der Waals surface area contributed by atoms with Crippen molar-refractivity contribution in [1.29, 1.82) is 0 Å². The standard InChI is InChI=1S/C11H18BrN3/c1-3-15-10(11(12)9(2)13-15)8-14-6-4-5-7-14/h3-8H2,1-2H3. The highest BCUT2D eigenvalue weighted by molar-refractivity contribution is 9.10. The summed E-state index contributed by atoms with van der Waals surface area (Å²) in [6.45, 7) is 8.67. The minimum atomic E-state index is 0.954. The van der Waals surface area contributed by atoms with Crippen molar-refractivity contribution in [3.05, 3.63) is 15.9 Å². The van der Waals surface area contributed by atoms with E-state index in [0.29, 0.717) is 0 Å². The SMILES string of the molecule is CCn1nc(C)c(Br)c1CN1CCCC1. The van der Waals surface area contributed by atoms with Gasteiger partial charge in [0.1, 0.15) is 0 Å². The summed E-state index contributed by atoms with van der Waals surface area (Å²) in [5, 5.41) is 4.51. The molecule has 84 valence electrons. The average Bonchev–Trinajstić information content (AvgIpc) is 2.82. The van der Waals surface area contributed by atoms with Crippen molar-refractivity contribution >= 4 is 15.9 Å². The van der Waals surface area contributed by atoms with E-state index in [-0.39, 0.29) is 0 Å². The van der Waals surface area contributed by atoms with Crippen LogP contribution in [-0.4, -0.2) is 27.8 Å². The molecule has 1 saturated heterocycles. The number of hydrogen-bond donors (Lipinski definition) is 0. The summed E-state index contributed by atoms with van der Waals surface area (Å²) in [6.07, 6.45) is 2.69. The lowest BCUT2D eigenvalue weighted by Crippen LogP contribution is -2.21. The van der Waals surface area contributed by atoms with Crippen LogP contribution in [0.4, 0.5) is 0 Å². The molecular formula is C11H18BrN3. The lowest BCUT2D eigenvalue weighted by atomic mass is 10.3. The fourth-order valence-corrected chi connectivity index (χ4v) is 2.58. The molecule has 1 aromatic rings. The van der Waals surface area contributed by atoms with E-state index in [1.54, 1.807) is 0 Å². The Labute approximate surface area is 99.6 Å². The molecule has 1 aromatic heterocycles. The molecule has 0 aliphatic carbocycles. The monoisotopic (exact) mass is 271 g/mol. The molecule has 0 N–H and O–H groups in total. The van der Waals surface area contributed by atoms with Crippen molar-refractivity contribution in [2.45, 2.75) is 39.8 Å². The van der Waals surface area contributed by atoms with Crippen LogP contribution < -0.4 is 0 Å². The number of halogens is 1. The summed E-state index contributed by atoms with van der Waals surface area (Å²) in [7, 11) is 0. The quantitative estimate of drug-likeness (QED) is 0.843. The van der Waals surface area contributed by atoms with Crippen LogP contribution in [0.1, 0.15) is 31.2 Å². The van der Waals surface area contributed by atoms with E-state index >= 15 is 0 Å². The van der Waals surface area contributed by atoms with Crippen molar-refractivity contribution in [2.75, 3.05) is 13.1 Å². The molecule has 0 unspecified atom stereocenters. The molecule has 0 spiro atoms. The zero-order chi connectivity index (χ0) is 10.8. The van der Waals surface area contributed by atoms with Crippen LogP contribution in [-0.2, 0) is 13.1 Å². The van der Waals surface area contributed by atoms with Crippen molar-refractivity contribution in [3.63, 3.8) is 0 Å². The Morgan fingerprint density at radius 2 is 2.00 bits per heavy atom. The first-order valence-corrected chi connectivity index (χ1v) is 6.45. The van der Waals surface area contributed by atoms with Gasteiger partial charge in [-0.2, -0.15) is 5.10 Å². The molecule has 1 fully saturated rings. The number of aromatic nitrogens is 2. The van der Waals surface area contributed by atoms with E-state index in [4.69, 9.17) is 0 Å². The van der Waals surface area contributed by atoms with Gasteiger partial charge in [0.2, 0.25) is 0 Å². The highest BCUT2D eigenvalue weighted by Crippen LogP contribution is 2.23. The second-order valence-electron chi connectivity index (χ2n) is 4.15. The third kappa shape index (κ3) is 2.26. The van der Waals surface area contributed by atoms with Gasteiger partial charge in [-0.1, -0.05) is 0 Å². The second kappa shape index (κ2) is 4.66. The fraction of sp³-hybridized carbons (Fsp3) is 0.727. The van der Waals surface area contributed by atoms with Crippen molar-refractivity contribution in [1.82, 2.24) is 14.7 Å². The average molecular weight is 272 g/mol. The number of nitrogens with zero attached hydrogens (tertiary/aromatic N) is 3. The summed E-state index contributed by atoms with van der Waals surface area (Å²) in [5.41, 5.74) is 2.43. The van der Waals surface area contributed by atoms with Crippen molar-refractivity contribution in [3.8, 4) is 0 Å². The molecule has 0 saturated carbocycles. The molecule has 2 rings (SSSR count). The van der Waals surface area contributed by atoms with Gasteiger partial charge >= 0.3 is 0 Å². The van der Waals surface area contributed by atoms with E-state index in [1.807, 2.05) is 0 Å². The maximum atomic E-state index is 4.51. The third-order valence-electron chi connectivity index (χ3n) is 3.02. The van der Waals surface area contributed by atoms with Crippen LogP contribution >= 0.6 is 15.9 Å². The Bertz CT molecular complexity index is 340. The molecule has 0 amide bonds. The minimum Gasteiger partial charge on any atom is -0.297 e. The molecule has 0 aromatic carbocycles. The summed E-state index contributed by atoms with van der Waals surface area (Å²) in [5.74, 6) is 0. The highest BCUT2D eigenvalue weighted by atomic mass is 79.9. The van der Waals surface area contributed by atoms with Crippen LogP contribution in [0.5, 0.6) is 0 Å². The van der Waals surface area contributed by atoms with Gasteiger partial charge in [-0.25, -0.2) is 0 Å². The van der Waals surface area contributed by atoms with Crippen molar-refractivity contribution < 1.29 is 0 Å². The van der Waals surface area contributed by atoms with Crippen LogP contribution in [0.25, 0.3) is 0 Å². The Hall–Kier alpha value is -0.350. The Kier molecular flexibility index (Phi) is 3.46. The number of likely N-dealkylation sites (tertiary alicyclic amines) is 1. The topological polar surface area (TPSA) is 21.1 Å². The zero-order valence-corrected chi connectivity index (χ0v) is 11.0. The fourth-order valence-electron chi connectivity index (χ4n) is 2.17. The molecule has 0 atom stereocenters. The van der Waals surface area contributed by atoms with Crippen molar-refractivity contribution in [2.24, 2.45) is 0 Å². The predicted octanol–water partition coefficient (Wildman–Crippen LogP) is 2.57. The Morgan fingerprint density at radius 3 is 2.60 bits per heavy atom. The summed E-state index contributed by atoms with van der Waals surface area (Å²) < 4.78 is 3.30. The van der Waals surface area contributed by atoms with Gasteiger partial charge in [0, 0.05) is 13.1 Å². The van der Waals surface area contributed by atoms with Gasteiger partial charge in [-0.05, 0) is 55.7 Å². The van der Waals surface area contributed by atoms with Crippen LogP contribution in [0.3, 0.4) is 0 Å². The zero-order valence-electron chi connectivity index (χ0n) is 9.46. The molecule has 2 heterocycles. The third-order valence-corrected chi connectivity index (χ3v) is 4.06. The number of aryl methyl sites for hydroxylation is 2. The first-order chi connectivity index (χ1) is 7.22. The molecule has 3 nitrogen and oxygen atoms in total. The van der Waals surface area contributed by atoms with Gasteiger partial charge in [-0.15, -0.1) is 0 Å². The van der Waals surface area contributed by atoms with E-state index in [9.17, 15) is 0 Å². The smallest absolute Gasteiger partial charge is 0.0739 e. The molecule has 0 radical (unpaired) electrons. The van der Waals surface area contributed by atoms with Crippen LogP contribution in [0, 0.1) is 6.92 Å². The molecular weight excluding hydrogens is 254 g/mol. The minimum absolute atomic E-state index is 0.954. The van der Waals surface area contributed by atoms with Gasteiger partial charge in [0.15, 0.2) is 0 Å². The van der Waals surface area contributed by atoms with Crippen LogP contribution in [0.15, 0.2) is 4.47 Å². The Balaban J connectivity index is 2.17. The second-order valence-corrected chi connectivity index (χ2v) is 4.94. The molecule has 0 bridgehead atoms. The van der Waals surface area contributed by atoms with Gasteiger partial charge in [0.05, 0.1) is 15.9 Å². The summed E-state index contributed by atoms with van der Waals surface area (Å²) >= 11 is 3.64. The van der Waals surface area contributed by atoms with E-state index in [0.717, 1.165) is 18.8 Å². The first kappa shape index (κ1) is 11.1. The van der Waals surface area contributed by atoms with E-state index in [1.165, 1.54) is 36.1 Å². The molecule has 1 aliphatic heterocycles. The summed E-state index contributed by atoms with van der Waals surface area (Å²) in [6, 6.07) is 0. The maximum absolute atomic E-state index is 4.51. The summed E-state index contributed by atoms with van der Waals surface area (Å²) in [4.78, 5) is 2.51. The number of rotatable bonds is 3. The van der Waals surface area contributed by atoms with Gasteiger partial charge in [0.25, 0.3) is 0 Å². The van der Waals surface area contributed by atoms with E-state index < -0.39 is 0 Å². The largest absolute Gasteiger partial charge is 0.297 e. The number of hydrogen-bond acceptors (Lipinski definition) is 2. The lowest BCUT2D eigenvalue weighted by molar-refractivity contribution is 0.318. The maximum Gasteiger partial charge on any atom is 0.0739 e. The molecule has 15 heavy (non-hydrogen) atoms. The normalized spacial score (nSPS) is 17.5. The van der Waals surface area contributed by atoms with Gasteiger partial charge < -0.3 is 0 Å². The highest BCUT2D eigenvalue weighted by Gasteiger charge is 2.17. The van der Waals surface area contributed by atoms with E-state index in [2.05, 4.69) is 44.5 Å². The molecule has 1 aliphatic rings. The van der Waals surface area contributed by atoms with Crippen LogP contribution in [0.2, 0.25) is 0 Å².